The van der Waals surface area contributed by atoms with E-state index in [1.165, 1.54) is 0 Å². The molecule has 14 heavy (non-hydrogen) atoms. The second-order valence-electron chi connectivity index (χ2n) is 3.62. The molecule has 1 aliphatic heterocycles. The van der Waals surface area contributed by atoms with Crippen LogP contribution in [0.4, 0.5) is 0 Å². The molecule has 0 spiro atoms. The number of hydrogen-bond donors (Lipinski definition) is 1. The molecular weight excluding hydrogens is 176 g/mol. The number of fused-ring (bicyclic) bond motifs is 1. The summed E-state index contributed by atoms with van der Waals surface area (Å²) in [5, 5.41) is 1.71. The molecule has 1 aliphatic rings. The van der Waals surface area contributed by atoms with Crippen LogP contribution in [0.5, 0.6) is 5.75 Å². The summed E-state index contributed by atoms with van der Waals surface area (Å²) in [6.45, 7) is 4.07. The molecule has 1 aromatic rings. The minimum Gasteiger partial charge on any atom is -0.383 e. The molecule has 0 radical (unpaired) electrons. The van der Waals surface area contributed by atoms with Crippen molar-refractivity contribution < 1.29 is 4.84 Å². The highest BCUT2D eigenvalue weighted by Crippen LogP contribution is 2.27. The van der Waals surface area contributed by atoms with E-state index < -0.39 is 0 Å². The Balaban J connectivity index is 2.38. The van der Waals surface area contributed by atoms with Crippen molar-refractivity contribution >= 4 is 6.08 Å². The zero-order valence-corrected chi connectivity index (χ0v) is 8.40. The van der Waals surface area contributed by atoms with Crippen LogP contribution in [0, 0.1) is 0 Å². The van der Waals surface area contributed by atoms with Gasteiger partial charge in [0.05, 0.1) is 6.04 Å². The highest BCUT2D eigenvalue weighted by Gasteiger charge is 2.19. The highest BCUT2D eigenvalue weighted by atomic mass is 16.7. The second kappa shape index (κ2) is 3.25. The van der Waals surface area contributed by atoms with Crippen molar-refractivity contribution in [2.24, 2.45) is 5.73 Å². The zero-order valence-electron chi connectivity index (χ0n) is 8.40. The predicted octanol–water partition coefficient (Wildman–Crippen LogP) is 1.96. The Hall–Kier alpha value is -1.64. The van der Waals surface area contributed by atoms with Gasteiger partial charge in [0.15, 0.2) is 5.75 Å². The molecule has 0 bridgehead atoms. The summed E-state index contributed by atoms with van der Waals surface area (Å²) in [7, 11) is 0. The monoisotopic (exact) mass is 190 g/mol. The largest absolute Gasteiger partial charge is 0.383 e. The van der Waals surface area contributed by atoms with Gasteiger partial charge in [-0.15, -0.1) is 0 Å². The van der Waals surface area contributed by atoms with Crippen molar-refractivity contribution in [1.82, 2.24) is 5.06 Å². The summed E-state index contributed by atoms with van der Waals surface area (Å²) in [6, 6.07) is 8.08. The van der Waals surface area contributed by atoms with Gasteiger partial charge < -0.3 is 10.6 Å². The van der Waals surface area contributed by atoms with Crippen molar-refractivity contribution in [1.29, 1.82) is 0 Å². The normalized spacial score (nSPS) is 14.8. The topological polar surface area (TPSA) is 38.5 Å². The summed E-state index contributed by atoms with van der Waals surface area (Å²) in [4.78, 5) is 5.65. The molecule has 3 heteroatoms. The lowest BCUT2D eigenvalue weighted by atomic mass is 10.1. The van der Waals surface area contributed by atoms with E-state index in [1.807, 2.05) is 44.2 Å². The fraction of sp³-hybridized carbons (Fsp3) is 0.273. The van der Waals surface area contributed by atoms with E-state index >= 15 is 0 Å². The Kier molecular flexibility index (Phi) is 2.08. The zero-order chi connectivity index (χ0) is 10.1. The molecule has 2 rings (SSSR count). The molecule has 1 heterocycles. The number of hydroxylamine groups is 2. The summed E-state index contributed by atoms with van der Waals surface area (Å²) in [5.41, 5.74) is 6.89. The third kappa shape index (κ3) is 1.41. The summed E-state index contributed by atoms with van der Waals surface area (Å²) in [6.07, 6.45) is 1.93. The Morgan fingerprint density at radius 2 is 2.00 bits per heavy atom. The molecule has 0 unspecified atom stereocenters. The minimum atomic E-state index is 0.236. The number of nitrogens with two attached hydrogens (primary N) is 1. The number of benzene rings is 1. The van der Waals surface area contributed by atoms with Crippen LogP contribution in [0.15, 0.2) is 30.1 Å². The van der Waals surface area contributed by atoms with Gasteiger partial charge >= 0.3 is 0 Å². The van der Waals surface area contributed by atoms with Crippen molar-refractivity contribution in [2.75, 3.05) is 0 Å². The van der Waals surface area contributed by atoms with Gasteiger partial charge in [0.25, 0.3) is 0 Å². The first kappa shape index (κ1) is 8.94. The van der Waals surface area contributed by atoms with E-state index in [2.05, 4.69) is 0 Å². The average molecular weight is 190 g/mol. The molecule has 3 nitrogen and oxygen atoms in total. The van der Waals surface area contributed by atoms with Crippen molar-refractivity contribution in [3.8, 4) is 5.75 Å². The molecule has 0 amide bonds. The lowest BCUT2D eigenvalue weighted by Gasteiger charge is -2.31. The lowest BCUT2D eigenvalue weighted by Crippen LogP contribution is -2.38. The van der Waals surface area contributed by atoms with Crippen LogP contribution < -0.4 is 10.6 Å². The van der Waals surface area contributed by atoms with E-state index in [9.17, 15) is 0 Å². The fourth-order valence-corrected chi connectivity index (χ4v) is 1.47. The Bertz CT molecular complexity index is 371. The molecule has 0 saturated carbocycles. The van der Waals surface area contributed by atoms with Crippen LogP contribution in [0.3, 0.4) is 0 Å². The summed E-state index contributed by atoms with van der Waals surface area (Å²) < 4.78 is 0. The van der Waals surface area contributed by atoms with Gasteiger partial charge in [-0.25, -0.2) is 0 Å². The number of rotatable bonds is 1. The molecule has 0 aliphatic carbocycles. The number of para-hydroxylation sites is 1. The molecule has 1 aromatic carbocycles. The molecule has 0 aromatic heterocycles. The van der Waals surface area contributed by atoms with Crippen LogP contribution in [0.1, 0.15) is 19.4 Å². The van der Waals surface area contributed by atoms with Gasteiger partial charge in [-0.3, -0.25) is 0 Å². The molecule has 0 fully saturated rings. The maximum absolute atomic E-state index is 5.86. The van der Waals surface area contributed by atoms with E-state index in [-0.39, 0.29) is 6.04 Å². The fourth-order valence-electron chi connectivity index (χ4n) is 1.47. The van der Waals surface area contributed by atoms with Gasteiger partial charge in [-0.05, 0) is 26.0 Å². The van der Waals surface area contributed by atoms with Crippen LogP contribution in [0.2, 0.25) is 0 Å². The van der Waals surface area contributed by atoms with Gasteiger partial charge in [0.1, 0.15) is 5.82 Å². The van der Waals surface area contributed by atoms with Crippen LogP contribution in [-0.4, -0.2) is 11.1 Å². The first-order chi connectivity index (χ1) is 6.68. The summed E-state index contributed by atoms with van der Waals surface area (Å²) >= 11 is 0. The lowest BCUT2D eigenvalue weighted by molar-refractivity contribution is -0.0534. The van der Waals surface area contributed by atoms with Gasteiger partial charge in [0.2, 0.25) is 0 Å². The maximum atomic E-state index is 5.86. The van der Waals surface area contributed by atoms with Crippen molar-refractivity contribution in [3.63, 3.8) is 0 Å². The first-order valence-corrected chi connectivity index (χ1v) is 4.72. The van der Waals surface area contributed by atoms with Crippen molar-refractivity contribution in [2.45, 2.75) is 19.9 Å². The molecule has 2 N–H and O–H groups in total. The summed E-state index contributed by atoms with van der Waals surface area (Å²) in [5.74, 6) is 1.51. The predicted molar refractivity (Wildman–Crippen MR) is 56.2 cm³/mol. The molecular formula is C11H14N2O. The molecule has 0 saturated heterocycles. The van der Waals surface area contributed by atoms with E-state index in [4.69, 9.17) is 10.6 Å². The number of nitrogens with zero attached hydrogens (tertiary/aromatic N) is 1. The first-order valence-electron chi connectivity index (χ1n) is 4.72. The number of hydrogen-bond acceptors (Lipinski definition) is 3. The van der Waals surface area contributed by atoms with E-state index in [0.717, 1.165) is 11.3 Å². The molecule has 74 valence electrons. The van der Waals surface area contributed by atoms with Crippen LogP contribution in [0.25, 0.3) is 6.08 Å². The Morgan fingerprint density at radius 3 is 2.71 bits per heavy atom. The van der Waals surface area contributed by atoms with Gasteiger partial charge in [0, 0.05) is 5.56 Å². The second-order valence-corrected chi connectivity index (χ2v) is 3.62. The van der Waals surface area contributed by atoms with Gasteiger partial charge in [-0.1, -0.05) is 18.2 Å². The smallest absolute Gasteiger partial charge is 0.162 e. The Labute approximate surface area is 83.7 Å². The van der Waals surface area contributed by atoms with E-state index in [0.29, 0.717) is 5.82 Å². The minimum absolute atomic E-state index is 0.236. The highest BCUT2D eigenvalue weighted by molar-refractivity contribution is 5.60. The van der Waals surface area contributed by atoms with E-state index in [1.54, 1.807) is 5.06 Å². The maximum Gasteiger partial charge on any atom is 0.162 e. The standard InChI is InChI=1S/C11H14N2O/c1-8(2)13-11(12)7-9-5-3-4-6-10(9)14-13/h3-8H,12H2,1-2H3. The third-order valence-corrected chi connectivity index (χ3v) is 2.14. The van der Waals surface area contributed by atoms with Crippen LogP contribution in [-0.2, 0) is 0 Å². The van der Waals surface area contributed by atoms with Crippen molar-refractivity contribution in [3.05, 3.63) is 35.6 Å². The van der Waals surface area contributed by atoms with Crippen LogP contribution >= 0.6 is 0 Å². The SMILES string of the molecule is CC(C)N1Oc2ccccc2C=C1N. The average Bonchev–Trinajstić information content (AvgIpc) is 2.16. The van der Waals surface area contributed by atoms with Gasteiger partial charge in [-0.2, -0.15) is 5.06 Å². The third-order valence-electron chi connectivity index (χ3n) is 2.14. The quantitative estimate of drug-likeness (QED) is 0.735. The molecule has 0 atom stereocenters. The Morgan fingerprint density at radius 1 is 1.29 bits per heavy atom.